The zero-order chi connectivity index (χ0) is 14.8. The molecule has 20 heavy (non-hydrogen) atoms. The maximum absolute atomic E-state index is 12.4. The van der Waals surface area contributed by atoms with E-state index in [1.54, 1.807) is 19.1 Å². The van der Waals surface area contributed by atoms with Crippen LogP contribution < -0.4 is 9.46 Å². The number of methoxy groups -OCH3 is 1. The van der Waals surface area contributed by atoms with Crippen LogP contribution >= 0.6 is 11.6 Å². The molecule has 2 rings (SSSR count). The van der Waals surface area contributed by atoms with Crippen LogP contribution in [0.15, 0.2) is 35.5 Å². The Balaban J connectivity index is 2.46. The predicted octanol–water partition coefficient (Wildman–Crippen LogP) is 2.25. The number of aryl methyl sites for hydroxylation is 1. The molecule has 1 N–H and O–H groups in total. The minimum atomic E-state index is -3.86. The number of ether oxygens (including phenoxy) is 1. The smallest absolute Gasteiger partial charge is 0.266 e. The number of hydrogen-bond acceptors (Lipinski definition) is 5. The van der Waals surface area contributed by atoms with E-state index in [4.69, 9.17) is 16.3 Å². The fourth-order valence-electron chi connectivity index (χ4n) is 1.57. The summed E-state index contributed by atoms with van der Waals surface area (Å²) >= 11 is 5.79. The highest BCUT2D eigenvalue weighted by Crippen LogP contribution is 2.27. The summed E-state index contributed by atoms with van der Waals surface area (Å²) < 4.78 is 32.1. The molecule has 0 unspecified atom stereocenters. The molecule has 1 aromatic heterocycles. The van der Waals surface area contributed by atoms with E-state index in [1.165, 1.54) is 25.6 Å². The van der Waals surface area contributed by atoms with E-state index in [0.29, 0.717) is 0 Å². The van der Waals surface area contributed by atoms with Gasteiger partial charge < -0.3 is 4.74 Å². The minimum Gasteiger partial charge on any atom is -0.495 e. The molecule has 0 aliphatic rings. The van der Waals surface area contributed by atoms with Crippen molar-refractivity contribution in [3.63, 3.8) is 0 Å². The van der Waals surface area contributed by atoms with E-state index >= 15 is 0 Å². The highest BCUT2D eigenvalue weighted by Gasteiger charge is 2.21. The highest BCUT2D eigenvalue weighted by molar-refractivity contribution is 7.92. The topological polar surface area (TPSA) is 81.2 Å². The fourth-order valence-corrected chi connectivity index (χ4v) is 3.05. The Labute approximate surface area is 121 Å². The van der Waals surface area contributed by atoms with Gasteiger partial charge in [0.1, 0.15) is 10.6 Å². The number of nitrogens with one attached hydrogen (secondary N) is 1. The summed E-state index contributed by atoms with van der Waals surface area (Å²) in [4.78, 5) is 7.62. The van der Waals surface area contributed by atoms with Gasteiger partial charge in [-0.25, -0.2) is 18.4 Å². The van der Waals surface area contributed by atoms with Crippen LogP contribution in [-0.4, -0.2) is 25.5 Å². The number of nitrogens with zero attached hydrogens (tertiary/aromatic N) is 2. The maximum Gasteiger partial charge on any atom is 0.266 e. The number of hydrogen-bond donors (Lipinski definition) is 1. The second-order valence-corrected chi connectivity index (χ2v) is 5.96. The normalized spacial score (nSPS) is 11.2. The zero-order valence-corrected chi connectivity index (χ0v) is 12.4. The number of halogens is 1. The molecule has 2 aromatic rings. The molecule has 0 saturated heterocycles. The van der Waals surface area contributed by atoms with Crippen molar-refractivity contribution in [3.8, 4) is 5.75 Å². The van der Waals surface area contributed by atoms with Gasteiger partial charge in [0.05, 0.1) is 7.11 Å². The van der Waals surface area contributed by atoms with Crippen LogP contribution in [0.1, 0.15) is 5.56 Å². The van der Waals surface area contributed by atoms with E-state index in [9.17, 15) is 8.42 Å². The Hall–Kier alpha value is -1.86. The lowest BCUT2D eigenvalue weighted by Gasteiger charge is -2.12. The summed E-state index contributed by atoms with van der Waals surface area (Å²) in [6.07, 6.45) is 2.71. The monoisotopic (exact) mass is 313 g/mol. The Kier molecular flexibility index (Phi) is 4.10. The van der Waals surface area contributed by atoms with Gasteiger partial charge in [0.2, 0.25) is 0 Å². The Morgan fingerprint density at radius 2 is 1.95 bits per heavy atom. The average Bonchev–Trinajstić information content (AvgIpc) is 2.41. The summed E-state index contributed by atoms with van der Waals surface area (Å²) in [7, 11) is -2.46. The fraction of sp³-hybridized carbons (Fsp3) is 0.167. The summed E-state index contributed by atoms with van der Waals surface area (Å²) in [6, 6.07) is 4.85. The van der Waals surface area contributed by atoms with E-state index in [-0.39, 0.29) is 21.6 Å². The van der Waals surface area contributed by atoms with Crippen LogP contribution in [0.3, 0.4) is 0 Å². The van der Waals surface area contributed by atoms with Crippen molar-refractivity contribution < 1.29 is 13.2 Å². The van der Waals surface area contributed by atoms with Gasteiger partial charge in [0.15, 0.2) is 11.0 Å². The first-order valence-electron chi connectivity index (χ1n) is 5.58. The van der Waals surface area contributed by atoms with Crippen molar-refractivity contribution in [2.45, 2.75) is 11.8 Å². The molecule has 0 fully saturated rings. The van der Waals surface area contributed by atoms with Gasteiger partial charge in [-0.1, -0.05) is 17.7 Å². The van der Waals surface area contributed by atoms with Crippen molar-refractivity contribution in [1.29, 1.82) is 0 Å². The molecule has 6 nitrogen and oxygen atoms in total. The van der Waals surface area contributed by atoms with Crippen molar-refractivity contribution in [2.75, 3.05) is 11.8 Å². The molecule has 0 bridgehead atoms. The summed E-state index contributed by atoms with van der Waals surface area (Å²) in [5.74, 6) is 0.209. The van der Waals surface area contributed by atoms with Gasteiger partial charge in [-0.2, -0.15) is 0 Å². The largest absolute Gasteiger partial charge is 0.495 e. The molecule has 0 atom stereocenters. The quantitative estimate of drug-likeness (QED) is 0.936. The van der Waals surface area contributed by atoms with Gasteiger partial charge in [-0.05, 0) is 24.6 Å². The number of rotatable bonds is 4. The second kappa shape index (κ2) is 5.64. The van der Waals surface area contributed by atoms with Crippen LogP contribution in [0, 0.1) is 6.92 Å². The van der Waals surface area contributed by atoms with E-state index in [1.807, 2.05) is 0 Å². The number of benzene rings is 1. The molecular weight excluding hydrogens is 302 g/mol. The first kappa shape index (κ1) is 14.5. The van der Waals surface area contributed by atoms with E-state index < -0.39 is 10.0 Å². The lowest BCUT2D eigenvalue weighted by molar-refractivity contribution is 0.402. The standard InChI is InChI=1S/C12H12ClN3O3S/c1-8-3-4-9(19-2)10(7-8)20(17,18)16-12-11(13)14-5-6-15-12/h3-7H,1-2H3,(H,15,16). The van der Waals surface area contributed by atoms with Crippen LogP contribution in [0.25, 0.3) is 0 Å². The van der Waals surface area contributed by atoms with Crippen LogP contribution in [0.2, 0.25) is 5.15 Å². The first-order valence-corrected chi connectivity index (χ1v) is 7.44. The van der Waals surface area contributed by atoms with Gasteiger partial charge >= 0.3 is 0 Å². The van der Waals surface area contributed by atoms with Crippen LogP contribution in [-0.2, 0) is 10.0 Å². The summed E-state index contributed by atoms with van der Waals surface area (Å²) in [6.45, 7) is 1.79. The highest BCUT2D eigenvalue weighted by atomic mass is 35.5. The van der Waals surface area contributed by atoms with Crippen LogP contribution in [0.4, 0.5) is 5.82 Å². The van der Waals surface area contributed by atoms with Crippen molar-refractivity contribution in [3.05, 3.63) is 41.3 Å². The van der Waals surface area contributed by atoms with Gasteiger partial charge in [0.25, 0.3) is 10.0 Å². The molecule has 0 aliphatic heterocycles. The molecule has 106 valence electrons. The average molecular weight is 314 g/mol. The van der Waals surface area contributed by atoms with Crippen molar-refractivity contribution in [1.82, 2.24) is 9.97 Å². The maximum atomic E-state index is 12.4. The summed E-state index contributed by atoms with van der Waals surface area (Å²) in [5.41, 5.74) is 0.788. The van der Waals surface area contributed by atoms with E-state index in [2.05, 4.69) is 14.7 Å². The lowest BCUT2D eigenvalue weighted by Crippen LogP contribution is -2.15. The number of sulfonamides is 1. The molecule has 0 spiro atoms. The minimum absolute atomic E-state index is 0.0155. The van der Waals surface area contributed by atoms with E-state index in [0.717, 1.165) is 5.56 Å². The molecule has 1 aromatic carbocycles. The SMILES string of the molecule is COc1ccc(C)cc1S(=O)(=O)Nc1nccnc1Cl. The molecule has 1 heterocycles. The molecule has 0 aliphatic carbocycles. The molecule has 8 heteroatoms. The number of anilines is 1. The summed E-state index contributed by atoms with van der Waals surface area (Å²) in [5, 5.41) is -0.0253. The molecule has 0 saturated carbocycles. The second-order valence-electron chi connectivity index (χ2n) is 3.96. The van der Waals surface area contributed by atoms with Gasteiger partial charge in [0, 0.05) is 12.4 Å². The predicted molar refractivity (Wildman–Crippen MR) is 75.6 cm³/mol. The van der Waals surface area contributed by atoms with Gasteiger partial charge in [-0.15, -0.1) is 0 Å². The lowest BCUT2D eigenvalue weighted by atomic mass is 10.2. The van der Waals surface area contributed by atoms with Crippen molar-refractivity contribution >= 4 is 27.4 Å². The molecule has 0 amide bonds. The third kappa shape index (κ3) is 3.00. The third-order valence-electron chi connectivity index (χ3n) is 2.49. The molecular formula is C12H12ClN3O3S. The van der Waals surface area contributed by atoms with Gasteiger partial charge in [-0.3, -0.25) is 4.72 Å². The zero-order valence-electron chi connectivity index (χ0n) is 10.8. The van der Waals surface area contributed by atoms with Crippen molar-refractivity contribution in [2.24, 2.45) is 0 Å². The first-order chi connectivity index (χ1) is 9.44. The number of aromatic nitrogens is 2. The van der Waals surface area contributed by atoms with Crippen LogP contribution in [0.5, 0.6) is 5.75 Å². The Morgan fingerprint density at radius 3 is 2.60 bits per heavy atom. The Bertz CT molecular complexity index is 734. The third-order valence-corrected chi connectivity index (χ3v) is 4.13. The molecule has 0 radical (unpaired) electrons. The Morgan fingerprint density at radius 1 is 1.25 bits per heavy atom.